The lowest BCUT2D eigenvalue weighted by Crippen LogP contribution is -2.22. The Kier molecular flexibility index (Phi) is 5.09. The van der Waals surface area contributed by atoms with Gasteiger partial charge in [0.1, 0.15) is 4.21 Å². The molecule has 0 unspecified atom stereocenters. The van der Waals surface area contributed by atoms with Crippen LogP contribution >= 0.6 is 34.5 Å². The Labute approximate surface area is 132 Å². The van der Waals surface area contributed by atoms with Crippen molar-refractivity contribution >= 4 is 44.6 Å². The maximum Gasteiger partial charge on any atom is 0.250 e. The van der Waals surface area contributed by atoms with Gasteiger partial charge in [0.25, 0.3) is 0 Å². The monoisotopic (exact) mass is 349 g/mol. The van der Waals surface area contributed by atoms with E-state index in [1.165, 1.54) is 0 Å². The Morgan fingerprint density at radius 2 is 1.95 bits per heavy atom. The predicted octanol–water partition coefficient (Wildman–Crippen LogP) is 3.93. The normalized spacial score (nSPS) is 11.8. The molecule has 0 fully saturated rings. The molecule has 0 bridgehead atoms. The maximum absolute atomic E-state index is 12.1. The highest BCUT2D eigenvalue weighted by molar-refractivity contribution is 7.91. The predicted molar refractivity (Wildman–Crippen MR) is 84.1 cm³/mol. The third-order valence-corrected chi connectivity index (χ3v) is 6.45. The first-order valence-corrected chi connectivity index (χ1v) is 9.03. The summed E-state index contributed by atoms with van der Waals surface area (Å²) in [4.78, 5) is 0. The lowest BCUT2D eigenvalue weighted by Gasteiger charge is -2.06. The van der Waals surface area contributed by atoms with E-state index in [4.69, 9.17) is 23.2 Å². The quantitative estimate of drug-likeness (QED) is 0.831. The Morgan fingerprint density at radius 1 is 1.25 bits per heavy atom. The Balaban J connectivity index is 2.12. The van der Waals surface area contributed by atoms with Crippen molar-refractivity contribution in [1.29, 1.82) is 0 Å². The molecule has 0 atom stereocenters. The molecule has 0 radical (unpaired) electrons. The maximum atomic E-state index is 12.1. The minimum Gasteiger partial charge on any atom is -0.206 e. The van der Waals surface area contributed by atoms with Gasteiger partial charge < -0.3 is 0 Å². The van der Waals surface area contributed by atoms with Crippen molar-refractivity contribution < 1.29 is 8.42 Å². The molecular weight excluding hydrogens is 337 g/mol. The van der Waals surface area contributed by atoms with Gasteiger partial charge in [-0.2, -0.15) is 0 Å². The van der Waals surface area contributed by atoms with E-state index in [2.05, 4.69) is 4.72 Å². The molecule has 0 spiro atoms. The molecule has 0 aliphatic rings. The number of thiophene rings is 1. The molecule has 108 valence electrons. The molecule has 2 rings (SSSR count). The van der Waals surface area contributed by atoms with Crippen LogP contribution in [0.25, 0.3) is 0 Å². The molecule has 7 heteroatoms. The van der Waals surface area contributed by atoms with Crippen LogP contribution < -0.4 is 4.72 Å². The summed E-state index contributed by atoms with van der Waals surface area (Å²) in [6, 6.07) is 9.05. The number of halogens is 2. The van der Waals surface area contributed by atoms with Crippen molar-refractivity contribution in [3.05, 3.63) is 51.4 Å². The van der Waals surface area contributed by atoms with E-state index in [-0.39, 0.29) is 10.8 Å². The second-order valence-electron chi connectivity index (χ2n) is 4.30. The number of hydrogen-bond donors (Lipinski definition) is 1. The number of rotatable bonds is 5. The number of nitrogens with one attached hydrogen (secondary N) is 1. The van der Waals surface area contributed by atoms with E-state index < -0.39 is 10.0 Å². The second kappa shape index (κ2) is 6.45. The lowest BCUT2D eigenvalue weighted by atomic mass is 10.1. The van der Waals surface area contributed by atoms with Crippen LogP contribution in [0, 0.1) is 6.92 Å². The molecule has 2 aromatic rings. The largest absolute Gasteiger partial charge is 0.250 e. The number of benzene rings is 1. The summed E-state index contributed by atoms with van der Waals surface area (Å²) >= 11 is 12.7. The summed E-state index contributed by atoms with van der Waals surface area (Å²) in [6.07, 6.45) is 0. The topological polar surface area (TPSA) is 46.2 Å². The number of sulfonamides is 1. The second-order valence-corrected chi connectivity index (χ2v) is 8.22. The van der Waals surface area contributed by atoms with E-state index in [9.17, 15) is 8.42 Å². The zero-order chi connectivity index (χ0) is 14.8. The van der Waals surface area contributed by atoms with Gasteiger partial charge in [-0.3, -0.25) is 0 Å². The molecule has 20 heavy (non-hydrogen) atoms. The number of hydrogen-bond acceptors (Lipinski definition) is 3. The van der Waals surface area contributed by atoms with Crippen LogP contribution in [0.15, 0.2) is 34.5 Å². The molecular formula is C13H13Cl2NO2S2. The molecule has 1 aromatic heterocycles. The zero-order valence-electron chi connectivity index (χ0n) is 10.7. The zero-order valence-corrected chi connectivity index (χ0v) is 13.8. The molecule has 0 saturated heterocycles. The van der Waals surface area contributed by atoms with Crippen LogP contribution in [0.3, 0.4) is 0 Å². The number of alkyl halides is 1. The first-order chi connectivity index (χ1) is 9.42. The SMILES string of the molecule is Cc1cc(S(=O)(=O)NCc2cccc(CCl)c2)sc1Cl. The lowest BCUT2D eigenvalue weighted by molar-refractivity contribution is 0.583. The Bertz CT molecular complexity index is 691. The van der Waals surface area contributed by atoms with Crippen LogP contribution in [0.4, 0.5) is 0 Å². The summed E-state index contributed by atoms with van der Waals surface area (Å²) in [6.45, 7) is 2.00. The van der Waals surface area contributed by atoms with E-state index >= 15 is 0 Å². The number of aryl methyl sites for hydroxylation is 1. The van der Waals surface area contributed by atoms with Crippen LogP contribution in [0.1, 0.15) is 16.7 Å². The van der Waals surface area contributed by atoms with Gasteiger partial charge in [0.05, 0.1) is 4.34 Å². The molecule has 1 N–H and O–H groups in total. The minimum atomic E-state index is -3.53. The molecule has 0 amide bonds. The van der Waals surface area contributed by atoms with Crippen LogP contribution in [0.2, 0.25) is 4.34 Å². The standard InChI is InChI=1S/C13H13Cl2NO2S2/c1-9-5-12(19-13(9)15)20(17,18)16-8-11-4-2-3-10(6-11)7-14/h2-6,16H,7-8H2,1H3. The summed E-state index contributed by atoms with van der Waals surface area (Å²) in [5.41, 5.74) is 2.59. The third kappa shape index (κ3) is 3.74. The molecule has 0 saturated carbocycles. The van der Waals surface area contributed by atoms with E-state index in [0.29, 0.717) is 10.2 Å². The molecule has 0 aliphatic heterocycles. The Morgan fingerprint density at radius 3 is 2.55 bits per heavy atom. The fraction of sp³-hybridized carbons (Fsp3) is 0.231. The summed E-state index contributed by atoms with van der Waals surface area (Å²) in [5, 5.41) is 0. The fourth-order valence-corrected chi connectivity index (χ4v) is 4.57. The molecule has 1 aromatic carbocycles. The van der Waals surface area contributed by atoms with Gasteiger partial charge in [0.15, 0.2) is 0 Å². The van der Waals surface area contributed by atoms with Gasteiger partial charge >= 0.3 is 0 Å². The highest BCUT2D eigenvalue weighted by Gasteiger charge is 2.18. The smallest absolute Gasteiger partial charge is 0.206 e. The summed E-state index contributed by atoms with van der Waals surface area (Å²) < 4.78 is 27.6. The van der Waals surface area contributed by atoms with Gasteiger partial charge in [-0.1, -0.05) is 35.9 Å². The fourth-order valence-electron chi connectivity index (χ4n) is 1.64. The van der Waals surface area contributed by atoms with Gasteiger partial charge in [-0.05, 0) is 29.7 Å². The van der Waals surface area contributed by atoms with Crippen molar-refractivity contribution in [3.8, 4) is 0 Å². The van der Waals surface area contributed by atoms with Gasteiger partial charge in [-0.25, -0.2) is 13.1 Å². The van der Waals surface area contributed by atoms with Crippen molar-refractivity contribution in [2.45, 2.75) is 23.6 Å². The van der Waals surface area contributed by atoms with Crippen molar-refractivity contribution in [2.24, 2.45) is 0 Å². The van der Waals surface area contributed by atoms with E-state index in [1.54, 1.807) is 13.0 Å². The van der Waals surface area contributed by atoms with Crippen molar-refractivity contribution in [2.75, 3.05) is 0 Å². The van der Waals surface area contributed by atoms with Crippen molar-refractivity contribution in [1.82, 2.24) is 4.72 Å². The van der Waals surface area contributed by atoms with Crippen molar-refractivity contribution in [3.63, 3.8) is 0 Å². The first kappa shape index (κ1) is 15.8. The van der Waals surface area contributed by atoms with Crippen LogP contribution in [-0.4, -0.2) is 8.42 Å². The summed E-state index contributed by atoms with van der Waals surface area (Å²) in [5.74, 6) is 0.403. The van der Waals surface area contributed by atoms with E-state index in [0.717, 1.165) is 28.0 Å². The van der Waals surface area contributed by atoms with Gasteiger partial charge in [0, 0.05) is 12.4 Å². The highest BCUT2D eigenvalue weighted by Crippen LogP contribution is 2.30. The first-order valence-electron chi connectivity index (χ1n) is 5.82. The molecule has 0 aliphatic carbocycles. The average Bonchev–Trinajstić information content (AvgIpc) is 2.78. The van der Waals surface area contributed by atoms with Gasteiger partial charge in [-0.15, -0.1) is 22.9 Å². The van der Waals surface area contributed by atoms with Crippen LogP contribution in [-0.2, 0) is 22.4 Å². The minimum absolute atomic E-state index is 0.224. The van der Waals surface area contributed by atoms with E-state index in [1.807, 2.05) is 24.3 Å². The average molecular weight is 350 g/mol. The Hall–Kier alpha value is -0.590. The van der Waals surface area contributed by atoms with Crippen LogP contribution in [0.5, 0.6) is 0 Å². The summed E-state index contributed by atoms with van der Waals surface area (Å²) in [7, 11) is -3.53. The third-order valence-electron chi connectivity index (χ3n) is 2.71. The highest BCUT2D eigenvalue weighted by atomic mass is 35.5. The molecule has 3 nitrogen and oxygen atoms in total. The molecule has 1 heterocycles. The van der Waals surface area contributed by atoms with Gasteiger partial charge in [0.2, 0.25) is 10.0 Å².